The van der Waals surface area contributed by atoms with Gasteiger partial charge in [-0.25, -0.2) is 0 Å². The normalized spacial score (nSPS) is 10.8. The summed E-state index contributed by atoms with van der Waals surface area (Å²) >= 11 is 0. The zero-order valence-electron chi connectivity index (χ0n) is 14.6. The number of hydrogen-bond donors (Lipinski definition) is 1. The zero-order valence-corrected chi connectivity index (χ0v) is 14.6. The fourth-order valence-electron chi connectivity index (χ4n) is 2.79. The summed E-state index contributed by atoms with van der Waals surface area (Å²) in [6.07, 6.45) is 3.22. The largest absolute Gasteiger partial charge is 0.356 e. The predicted octanol–water partition coefficient (Wildman–Crippen LogP) is 2.89. The molecule has 1 N–H and O–H groups in total. The molecule has 0 spiro atoms. The van der Waals surface area contributed by atoms with Crippen molar-refractivity contribution in [2.75, 3.05) is 6.54 Å². The van der Waals surface area contributed by atoms with Gasteiger partial charge in [-0.3, -0.25) is 9.48 Å². The highest BCUT2D eigenvalue weighted by molar-refractivity contribution is 5.76. The molecule has 1 aromatic heterocycles. The van der Waals surface area contributed by atoms with Gasteiger partial charge in [0, 0.05) is 25.7 Å². The molecule has 0 unspecified atom stereocenters. The summed E-state index contributed by atoms with van der Waals surface area (Å²) in [7, 11) is 1.95. The van der Waals surface area contributed by atoms with Crippen molar-refractivity contribution in [3.63, 3.8) is 0 Å². The Kier molecular flexibility index (Phi) is 5.97. The van der Waals surface area contributed by atoms with E-state index in [9.17, 15) is 4.79 Å². The van der Waals surface area contributed by atoms with Crippen molar-refractivity contribution >= 4 is 5.91 Å². The maximum Gasteiger partial charge on any atom is 0.220 e. The van der Waals surface area contributed by atoms with Gasteiger partial charge < -0.3 is 5.32 Å². The third-order valence-corrected chi connectivity index (χ3v) is 4.43. The Morgan fingerprint density at radius 1 is 1.13 bits per heavy atom. The molecule has 0 atom stereocenters. The first kappa shape index (κ1) is 17.3. The minimum atomic E-state index is 0.115. The van der Waals surface area contributed by atoms with Gasteiger partial charge in [0.1, 0.15) is 0 Å². The van der Waals surface area contributed by atoms with Crippen LogP contribution in [0.1, 0.15) is 41.4 Å². The standard InChI is InChI=1S/C19H27N3O/c1-5-16-6-8-17(9-7-16)10-11-19(23)20-13-12-18-14(2)21-22(4)15(18)3/h6-9H,5,10-13H2,1-4H3,(H,20,23). The minimum Gasteiger partial charge on any atom is -0.356 e. The highest BCUT2D eigenvalue weighted by Gasteiger charge is 2.09. The van der Waals surface area contributed by atoms with Gasteiger partial charge in [-0.2, -0.15) is 5.10 Å². The van der Waals surface area contributed by atoms with Gasteiger partial charge >= 0.3 is 0 Å². The van der Waals surface area contributed by atoms with Crippen LogP contribution in [0.2, 0.25) is 0 Å². The Bertz CT molecular complexity index is 656. The van der Waals surface area contributed by atoms with Gasteiger partial charge in [0.15, 0.2) is 0 Å². The van der Waals surface area contributed by atoms with E-state index in [4.69, 9.17) is 0 Å². The molecule has 0 fully saturated rings. The van der Waals surface area contributed by atoms with Crippen LogP contribution in [0, 0.1) is 13.8 Å². The number of amides is 1. The zero-order chi connectivity index (χ0) is 16.8. The summed E-state index contributed by atoms with van der Waals surface area (Å²) in [5.41, 5.74) is 6.02. The molecule has 1 amide bonds. The van der Waals surface area contributed by atoms with Crippen molar-refractivity contribution in [2.24, 2.45) is 7.05 Å². The van der Waals surface area contributed by atoms with Crippen LogP contribution in [0.15, 0.2) is 24.3 Å². The maximum absolute atomic E-state index is 12.0. The number of rotatable bonds is 7. The smallest absolute Gasteiger partial charge is 0.220 e. The summed E-state index contributed by atoms with van der Waals surface area (Å²) in [6.45, 7) is 6.90. The fourth-order valence-corrected chi connectivity index (χ4v) is 2.79. The van der Waals surface area contributed by atoms with Crippen molar-refractivity contribution in [3.8, 4) is 0 Å². The van der Waals surface area contributed by atoms with Crippen LogP contribution in [-0.2, 0) is 31.1 Å². The molecule has 124 valence electrons. The SMILES string of the molecule is CCc1ccc(CCC(=O)NCCc2c(C)nn(C)c2C)cc1. The molecule has 4 heteroatoms. The maximum atomic E-state index is 12.0. The number of nitrogens with zero attached hydrogens (tertiary/aromatic N) is 2. The molecule has 23 heavy (non-hydrogen) atoms. The molecule has 2 rings (SSSR count). The molecule has 1 heterocycles. The first-order valence-electron chi connectivity index (χ1n) is 8.34. The Morgan fingerprint density at radius 3 is 2.35 bits per heavy atom. The third kappa shape index (κ3) is 4.68. The van der Waals surface area contributed by atoms with E-state index in [2.05, 4.69) is 48.5 Å². The van der Waals surface area contributed by atoms with Gasteiger partial charge in [0.05, 0.1) is 5.69 Å². The fraction of sp³-hybridized carbons (Fsp3) is 0.474. The monoisotopic (exact) mass is 313 g/mol. The lowest BCUT2D eigenvalue weighted by atomic mass is 10.1. The van der Waals surface area contributed by atoms with Gasteiger partial charge in [-0.1, -0.05) is 31.2 Å². The van der Waals surface area contributed by atoms with E-state index in [0.717, 1.165) is 25.0 Å². The second-order valence-electron chi connectivity index (χ2n) is 6.04. The highest BCUT2D eigenvalue weighted by Crippen LogP contribution is 2.12. The lowest BCUT2D eigenvalue weighted by Crippen LogP contribution is -2.26. The summed E-state index contributed by atoms with van der Waals surface area (Å²) in [4.78, 5) is 12.0. The van der Waals surface area contributed by atoms with Crippen molar-refractivity contribution in [1.29, 1.82) is 0 Å². The summed E-state index contributed by atoms with van der Waals surface area (Å²) < 4.78 is 1.90. The van der Waals surface area contributed by atoms with E-state index in [-0.39, 0.29) is 5.91 Å². The third-order valence-electron chi connectivity index (χ3n) is 4.43. The summed E-state index contributed by atoms with van der Waals surface area (Å²) in [6, 6.07) is 8.52. The van der Waals surface area contributed by atoms with Gasteiger partial charge in [-0.15, -0.1) is 0 Å². The molecular weight excluding hydrogens is 286 g/mol. The Morgan fingerprint density at radius 2 is 1.78 bits per heavy atom. The molecule has 0 aliphatic rings. The van der Waals surface area contributed by atoms with Crippen LogP contribution in [0.5, 0.6) is 0 Å². The quantitative estimate of drug-likeness (QED) is 0.854. The molecule has 4 nitrogen and oxygen atoms in total. The van der Waals surface area contributed by atoms with Crippen LogP contribution in [-0.4, -0.2) is 22.2 Å². The lowest BCUT2D eigenvalue weighted by molar-refractivity contribution is -0.121. The number of aryl methyl sites for hydroxylation is 4. The van der Waals surface area contributed by atoms with Crippen LogP contribution in [0.4, 0.5) is 0 Å². The molecule has 0 bridgehead atoms. The molecular formula is C19H27N3O. The lowest BCUT2D eigenvalue weighted by Gasteiger charge is -2.06. The van der Waals surface area contributed by atoms with E-state index in [1.807, 2.05) is 18.7 Å². The molecule has 0 saturated carbocycles. The number of hydrogen-bond acceptors (Lipinski definition) is 2. The average molecular weight is 313 g/mol. The second-order valence-corrected chi connectivity index (χ2v) is 6.04. The molecule has 0 aliphatic heterocycles. The first-order chi connectivity index (χ1) is 11.0. The van der Waals surface area contributed by atoms with Crippen molar-refractivity contribution in [2.45, 2.75) is 46.5 Å². The molecule has 2 aromatic rings. The van der Waals surface area contributed by atoms with E-state index >= 15 is 0 Å². The highest BCUT2D eigenvalue weighted by atomic mass is 16.1. The van der Waals surface area contributed by atoms with Crippen LogP contribution >= 0.6 is 0 Å². The van der Waals surface area contributed by atoms with Crippen molar-refractivity contribution in [3.05, 3.63) is 52.3 Å². The first-order valence-corrected chi connectivity index (χ1v) is 8.34. The number of aromatic nitrogens is 2. The van der Waals surface area contributed by atoms with Crippen molar-refractivity contribution in [1.82, 2.24) is 15.1 Å². The molecule has 0 saturated heterocycles. The number of carbonyl (C=O) groups excluding carboxylic acids is 1. The van der Waals surface area contributed by atoms with E-state index < -0.39 is 0 Å². The molecule has 1 aromatic carbocycles. The van der Waals surface area contributed by atoms with E-state index in [0.29, 0.717) is 13.0 Å². The Balaban J connectivity index is 1.74. The van der Waals surface area contributed by atoms with Gasteiger partial charge in [0.2, 0.25) is 5.91 Å². The van der Waals surface area contributed by atoms with Crippen molar-refractivity contribution < 1.29 is 4.79 Å². The predicted molar refractivity (Wildman–Crippen MR) is 93.5 cm³/mol. The van der Waals surface area contributed by atoms with Gasteiger partial charge in [-0.05, 0) is 49.8 Å². The number of carbonyl (C=O) groups is 1. The minimum absolute atomic E-state index is 0.115. The average Bonchev–Trinajstić information content (AvgIpc) is 2.79. The summed E-state index contributed by atoms with van der Waals surface area (Å²) in [5.74, 6) is 0.115. The van der Waals surface area contributed by atoms with Crippen LogP contribution in [0.25, 0.3) is 0 Å². The topological polar surface area (TPSA) is 46.9 Å². The number of nitrogens with one attached hydrogen (secondary N) is 1. The van der Waals surface area contributed by atoms with Crippen LogP contribution in [0.3, 0.4) is 0 Å². The summed E-state index contributed by atoms with van der Waals surface area (Å²) in [5, 5.41) is 7.41. The number of benzene rings is 1. The molecule has 0 radical (unpaired) electrons. The Hall–Kier alpha value is -2.10. The van der Waals surface area contributed by atoms with E-state index in [1.165, 1.54) is 22.4 Å². The molecule has 0 aliphatic carbocycles. The van der Waals surface area contributed by atoms with E-state index in [1.54, 1.807) is 0 Å². The Labute approximate surface area is 138 Å². The van der Waals surface area contributed by atoms with Crippen LogP contribution < -0.4 is 5.32 Å². The van der Waals surface area contributed by atoms with Gasteiger partial charge in [0.25, 0.3) is 0 Å². The second kappa shape index (κ2) is 7.95.